The maximum Gasteiger partial charge on any atom is 0.229 e. The molecule has 1 aromatic carbocycles. The number of allylic oxidation sites excluding steroid dienone is 3. The zero-order chi connectivity index (χ0) is 17.6. The number of hydrogen-bond acceptors (Lipinski definition) is 4. The molecule has 2 N–H and O–H groups in total. The minimum atomic E-state index is -3.26. The van der Waals surface area contributed by atoms with Crippen molar-refractivity contribution in [1.82, 2.24) is 4.98 Å². The zero-order valence-corrected chi connectivity index (χ0v) is 14.8. The summed E-state index contributed by atoms with van der Waals surface area (Å²) in [5.74, 6) is 0.801. The Balaban J connectivity index is 2.16. The molecule has 0 saturated carbocycles. The van der Waals surface area contributed by atoms with Gasteiger partial charge in [-0.2, -0.15) is 0 Å². The molecule has 6 heteroatoms. The van der Waals surface area contributed by atoms with Crippen LogP contribution in [0.5, 0.6) is 0 Å². The second-order valence-electron chi connectivity index (χ2n) is 5.37. The Morgan fingerprint density at radius 3 is 2.38 bits per heavy atom. The Kier molecular flexibility index (Phi) is 5.76. The topological polar surface area (TPSA) is 71.1 Å². The first-order valence-corrected chi connectivity index (χ1v) is 9.37. The highest BCUT2D eigenvalue weighted by Gasteiger charge is 2.05. The SMILES string of the molecule is C/C=C/C=C/Nc1ncc(-c2ccc(NS(C)(=O)=O)cc2)cc1C. The summed E-state index contributed by atoms with van der Waals surface area (Å²) < 4.78 is 24.9. The van der Waals surface area contributed by atoms with E-state index < -0.39 is 10.0 Å². The van der Waals surface area contributed by atoms with Crippen molar-refractivity contribution in [1.29, 1.82) is 0 Å². The van der Waals surface area contributed by atoms with Crippen molar-refractivity contribution in [2.24, 2.45) is 0 Å². The van der Waals surface area contributed by atoms with Gasteiger partial charge in [0.05, 0.1) is 6.26 Å². The zero-order valence-electron chi connectivity index (χ0n) is 13.9. The highest BCUT2D eigenvalue weighted by atomic mass is 32.2. The number of aryl methyl sites for hydroxylation is 1. The first-order valence-electron chi connectivity index (χ1n) is 7.48. The van der Waals surface area contributed by atoms with Gasteiger partial charge in [-0.05, 0) is 49.2 Å². The second-order valence-corrected chi connectivity index (χ2v) is 7.12. The van der Waals surface area contributed by atoms with Crippen molar-refractivity contribution < 1.29 is 8.42 Å². The number of sulfonamides is 1. The first kappa shape index (κ1) is 17.7. The molecule has 0 spiro atoms. The minimum absolute atomic E-state index is 0.540. The van der Waals surface area contributed by atoms with Crippen molar-refractivity contribution in [2.75, 3.05) is 16.3 Å². The monoisotopic (exact) mass is 343 g/mol. The van der Waals surface area contributed by atoms with Gasteiger partial charge in [-0.15, -0.1) is 0 Å². The van der Waals surface area contributed by atoms with Crippen LogP contribution in [0.1, 0.15) is 12.5 Å². The van der Waals surface area contributed by atoms with Gasteiger partial charge in [-0.3, -0.25) is 4.72 Å². The molecule has 5 nitrogen and oxygen atoms in total. The maximum atomic E-state index is 11.2. The number of nitrogens with zero attached hydrogens (tertiary/aromatic N) is 1. The van der Waals surface area contributed by atoms with Crippen molar-refractivity contribution in [2.45, 2.75) is 13.8 Å². The fourth-order valence-electron chi connectivity index (χ4n) is 2.12. The molecule has 0 radical (unpaired) electrons. The Morgan fingerprint density at radius 1 is 1.08 bits per heavy atom. The van der Waals surface area contributed by atoms with Crippen LogP contribution in [-0.4, -0.2) is 19.7 Å². The van der Waals surface area contributed by atoms with Gasteiger partial charge in [0.25, 0.3) is 0 Å². The third-order valence-electron chi connectivity index (χ3n) is 3.22. The van der Waals surface area contributed by atoms with Gasteiger partial charge in [0.2, 0.25) is 10.0 Å². The van der Waals surface area contributed by atoms with E-state index in [2.05, 4.69) is 15.0 Å². The first-order chi connectivity index (χ1) is 11.4. The van der Waals surface area contributed by atoms with Crippen LogP contribution in [0.4, 0.5) is 11.5 Å². The molecule has 2 aromatic rings. The predicted molar refractivity (Wildman–Crippen MR) is 100 cm³/mol. The Bertz CT molecular complexity index is 854. The summed E-state index contributed by atoms with van der Waals surface area (Å²) in [5, 5.41) is 3.14. The highest BCUT2D eigenvalue weighted by Crippen LogP contribution is 2.24. The lowest BCUT2D eigenvalue weighted by Gasteiger charge is -2.09. The van der Waals surface area contributed by atoms with Crippen LogP contribution < -0.4 is 10.0 Å². The largest absolute Gasteiger partial charge is 0.346 e. The summed E-state index contributed by atoms with van der Waals surface area (Å²) in [6.45, 7) is 3.95. The van der Waals surface area contributed by atoms with Gasteiger partial charge in [0.1, 0.15) is 5.82 Å². The van der Waals surface area contributed by atoms with Crippen LogP contribution in [0, 0.1) is 6.92 Å². The number of aromatic nitrogens is 1. The molecule has 0 fully saturated rings. The smallest absolute Gasteiger partial charge is 0.229 e. The van der Waals surface area contributed by atoms with Crippen molar-refractivity contribution >= 4 is 21.5 Å². The molecule has 126 valence electrons. The number of benzene rings is 1. The molecular weight excluding hydrogens is 322 g/mol. The maximum absolute atomic E-state index is 11.2. The standard InChI is InChI=1S/C18H21N3O2S/c1-4-5-6-11-19-18-14(2)12-16(13-20-18)15-7-9-17(10-8-15)21-24(3,22)23/h4-13,21H,1-3H3,(H,19,20)/b5-4+,11-6+. The summed E-state index contributed by atoms with van der Waals surface area (Å²) in [6.07, 6.45) is 10.5. The van der Waals surface area contributed by atoms with Crippen molar-refractivity contribution in [3.63, 3.8) is 0 Å². The number of nitrogens with one attached hydrogen (secondary N) is 2. The number of anilines is 2. The van der Waals surface area contributed by atoms with Crippen molar-refractivity contribution in [3.8, 4) is 11.1 Å². The minimum Gasteiger partial charge on any atom is -0.346 e. The predicted octanol–water partition coefficient (Wildman–Crippen LogP) is 3.93. The molecule has 1 aromatic heterocycles. The molecule has 1 heterocycles. The van der Waals surface area contributed by atoms with Gasteiger partial charge in [0, 0.05) is 23.6 Å². The van der Waals surface area contributed by atoms with Gasteiger partial charge >= 0.3 is 0 Å². The average Bonchev–Trinajstić information content (AvgIpc) is 2.52. The van der Waals surface area contributed by atoms with E-state index in [-0.39, 0.29) is 0 Å². The second kappa shape index (κ2) is 7.79. The molecule has 0 aliphatic carbocycles. The number of pyridine rings is 1. The molecule has 24 heavy (non-hydrogen) atoms. The normalized spacial score (nSPS) is 12.0. The highest BCUT2D eigenvalue weighted by molar-refractivity contribution is 7.92. The molecule has 0 aliphatic heterocycles. The molecule has 0 bridgehead atoms. The lowest BCUT2D eigenvalue weighted by Crippen LogP contribution is -2.09. The van der Waals surface area contributed by atoms with E-state index >= 15 is 0 Å². The van der Waals surface area contributed by atoms with Gasteiger partial charge in [-0.25, -0.2) is 13.4 Å². The Morgan fingerprint density at radius 2 is 1.79 bits per heavy atom. The summed E-state index contributed by atoms with van der Waals surface area (Å²) in [5.41, 5.74) is 3.51. The molecule has 2 rings (SSSR count). The van der Waals surface area contributed by atoms with Crippen LogP contribution in [0.15, 0.2) is 61.0 Å². The van der Waals surface area contributed by atoms with E-state index in [9.17, 15) is 8.42 Å². The van der Waals surface area contributed by atoms with Gasteiger partial charge < -0.3 is 5.32 Å². The van der Waals surface area contributed by atoms with E-state index in [1.807, 2.05) is 56.5 Å². The molecule has 0 atom stereocenters. The van der Waals surface area contributed by atoms with Crippen LogP contribution in [-0.2, 0) is 10.0 Å². The quantitative estimate of drug-likeness (QED) is 0.780. The Labute approximate surface area is 143 Å². The average molecular weight is 343 g/mol. The fraction of sp³-hybridized carbons (Fsp3) is 0.167. The molecule has 0 saturated heterocycles. The summed E-state index contributed by atoms with van der Waals surface area (Å²) in [4.78, 5) is 4.44. The third-order valence-corrected chi connectivity index (χ3v) is 3.83. The van der Waals surface area contributed by atoms with Crippen LogP contribution in [0.25, 0.3) is 11.1 Å². The Hall–Kier alpha value is -2.60. The lowest BCUT2D eigenvalue weighted by molar-refractivity contribution is 0.607. The summed E-state index contributed by atoms with van der Waals surface area (Å²) in [7, 11) is -3.26. The summed E-state index contributed by atoms with van der Waals surface area (Å²) in [6, 6.07) is 9.24. The van der Waals surface area contributed by atoms with E-state index in [4.69, 9.17) is 0 Å². The lowest BCUT2D eigenvalue weighted by atomic mass is 10.1. The van der Waals surface area contributed by atoms with E-state index in [1.165, 1.54) is 0 Å². The fourth-order valence-corrected chi connectivity index (χ4v) is 2.69. The van der Waals surface area contributed by atoms with E-state index in [0.717, 1.165) is 28.8 Å². The van der Waals surface area contributed by atoms with Crippen LogP contribution in [0.2, 0.25) is 0 Å². The number of hydrogen-bond donors (Lipinski definition) is 2. The molecule has 0 unspecified atom stereocenters. The molecular formula is C18H21N3O2S. The van der Waals surface area contributed by atoms with Crippen LogP contribution >= 0.6 is 0 Å². The van der Waals surface area contributed by atoms with E-state index in [1.54, 1.807) is 18.3 Å². The van der Waals surface area contributed by atoms with Gasteiger partial charge in [-0.1, -0.05) is 24.3 Å². The van der Waals surface area contributed by atoms with Crippen LogP contribution in [0.3, 0.4) is 0 Å². The number of rotatable bonds is 6. The van der Waals surface area contributed by atoms with Crippen molar-refractivity contribution in [3.05, 3.63) is 66.5 Å². The summed E-state index contributed by atoms with van der Waals surface area (Å²) >= 11 is 0. The third kappa shape index (κ3) is 5.24. The molecule has 0 amide bonds. The van der Waals surface area contributed by atoms with Gasteiger partial charge in [0.15, 0.2) is 0 Å². The molecule has 0 aliphatic rings. The van der Waals surface area contributed by atoms with E-state index in [0.29, 0.717) is 5.69 Å².